The zero-order valence-corrected chi connectivity index (χ0v) is 13.1. The van der Waals surface area contributed by atoms with Gasteiger partial charge in [-0.1, -0.05) is 13.3 Å². The van der Waals surface area contributed by atoms with E-state index in [1.165, 1.54) is 20.0 Å². The van der Waals surface area contributed by atoms with Crippen LogP contribution in [0.4, 0.5) is 10.7 Å². The highest BCUT2D eigenvalue weighted by molar-refractivity contribution is 7.19. The summed E-state index contributed by atoms with van der Waals surface area (Å²) in [6.07, 6.45) is 4.65. The van der Waals surface area contributed by atoms with Gasteiger partial charge in [0, 0.05) is 6.54 Å². The minimum absolute atomic E-state index is 0.0992. The molecule has 6 nitrogen and oxygen atoms in total. The molecule has 1 aliphatic rings. The molecule has 0 aromatic carbocycles. The molecular weight excluding hydrogens is 290 g/mol. The summed E-state index contributed by atoms with van der Waals surface area (Å²) in [5.74, 6) is -1.19. The number of carbonyl (C=O) groups excluding carboxylic acids is 2. The maximum absolute atomic E-state index is 11.7. The van der Waals surface area contributed by atoms with Crippen LogP contribution in [0.5, 0.6) is 0 Å². The molecule has 1 amide bonds. The Balaban J connectivity index is 2.22. The first kappa shape index (κ1) is 15.6. The summed E-state index contributed by atoms with van der Waals surface area (Å²) in [6, 6.07) is 0. The third kappa shape index (κ3) is 3.12. The molecule has 1 aromatic rings. The predicted molar refractivity (Wildman–Crippen MR) is 83.7 cm³/mol. The summed E-state index contributed by atoms with van der Waals surface area (Å²) < 4.78 is 4.67. The molecule has 116 valence electrons. The Morgan fingerprint density at radius 1 is 1.43 bits per heavy atom. The second-order valence-corrected chi connectivity index (χ2v) is 6.53. The van der Waals surface area contributed by atoms with Crippen molar-refractivity contribution in [2.24, 2.45) is 11.1 Å². The zero-order valence-electron chi connectivity index (χ0n) is 12.3. The molecule has 1 aromatic heterocycles. The molecule has 1 heterocycles. The number of methoxy groups -OCH3 is 1. The number of nitrogen functional groups attached to an aromatic ring is 1. The summed E-state index contributed by atoms with van der Waals surface area (Å²) in [7, 11) is 1.28. The lowest BCUT2D eigenvalue weighted by atomic mass is 10.0. The Hall–Kier alpha value is -1.76. The largest absolute Gasteiger partial charge is 0.465 e. The second-order valence-electron chi connectivity index (χ2n) is 5.51. The number of amides is 1. The normalized spacial score (nSPS) is 15.5. The predicted octanol–water partition coefficient (Wildman–Crippen LogP) is 2.21. The third-order valence-corrected chi connectivity index (χ3v) is 5.07. The number of hydrogen-bond acceptors (Lipinski definition) is 6. The first-order valence-electron chi connectivity index (χ1n) is 6.98. The summed E-state index contributed by atoms with van der Waals surface area (Å²) >= 11 is 1.12. The van der Waals surface area contributed by atoms with Gasteiger partial charge in [-0.25, -0.2) is 4.79 Å². The van der Waals surface area contributed by atoms with Gasteiger partial charge in [-0.3, -0.25) is 4.79 Å². The molecule has 1 saturated carbocycles. The van der Waals surface area contributed by atoms with Gasteiger partial charge in [0.1, 0.15) is 9.88 Å². The molecule has 1 aliphatic carbocycles. The van der Waals surface area contributed by atoms with Crippen molar-refractivity contribution in [3.8, 4) is 0 Å². The molecule has 5 N–H and O–H groups in total. The summed E-state index contributed by atoms with van der Waals surface area (Å²) in [5.41, 5.74) is 11.8. The number of nitrogens with one attached hydrogen (secondary N) is 1. The average molecular weight is 311 g/mol. The van der Waals surface area contributed by atoms with Crippen LogP contribution < -0.4 is 16.8 Å². The maximum atomic E-state index is 11.7. The number of rotatable bonds is 7. The van der Waals surface area contributed by atoms with Crippen LogP contribution in [-0.2, 0) is 4.74 Å². The number of ether oxygens (including phenoxy) is 1. The fourth-order valence-corrected chi connectivity index (χ4v) is 3.59. The van der Waals surface area contributed by atoms with E-state index in [0.29, 0.717) is 10.4 Å². The minimum atomic E-state index is -0.637. The molecule has 1 fully saturated rings. The van der Waals surface area contributed by atoms with Crippen LogP contribution in [0.15, 0.2) is 0 Å². The molecule has 2 rings (SSSR count). The van der Waals surface area contributed by atoms with E-state index in [1.807, 2.05) is 0 Å². The Kier molecular flexibility index (Phi) is 4.41. The Labute approximate surface area is 127 Å². The highest BCUT2D eigenvalue weighted by atomic mass is 32.1. The SMILES string of the molecule is CCCC1(CNc2sc(C(=O)OC)c(N)c2C(N)=O)CC1. The van der Waals surface area contributed by atoms with Crippen LogP contribution in [0.2, 0.25) is 0 Å². The number of anilines is 2. The van der Waals surface area contributed by atoms with Crippen LogP contribution in [0.1, 0.15) is 52.6 Å². The molecule has 0 saturated heterocycles. The fraction of sp³-hybridized carbons (Fsp3) is 0.571. The van der Waals surface area contributed by atoms with Crippen molar-refractivity contribution in [2.45, 2.75) is 32.6 Å². The van der Waals surface area contributed by atoms with Crippen molar-refractivity contribution < 1.29 is 14.3 Å². The Morgan fingerprint density at radius 3 is 2.57 bits per heavy atom. The molecule has 0 unspecified atom stereocenters. The van der Waals surface area contributed by atoms with Gasteiger partial charge in [-0.15, -0.1) is 11.3 Å². The van der Waals surface area contributed by atoms with Gasteiger partial charge in [0.15, 0.2) is 0 Å². The first-order valence-corrected chi connectivity index (χ1v) is 7.80. The number of hydrogen-bond donors (Lipinski definition) is 3. The summed E-state index contributed by atoms with van der Waals surface area (Å²) in [4.78, 5) is 23.5. The smallest absolute Gasteiger partial charge is 0.350 e. The van der Waals surface area contributed by atoms with Crippen LogP contribution >= 0.6 is 11.3 Å². The van der Waals surface area contributed by atoms with Crippen LogP contribution in [0, 0.1) is 5.41 Å². The van der Waals surface area contributed by atoms with Gasteiger partial charge < -0.3 is 21.5 Å². The van der Waals surface area contributed by atoms with Crippen molar-refractivity contribution in [2.75, 3.05) is 24.7 Å². The van der Waals surface area contributed by atoms with E-state index >= 15 is 0 Å². The van der Waals surface area contributed by atoms with E-state index in [0.717, 1.165) is 30.7 Å². The van der Waals surface area contributed by atoms with E-state index in [9.17, 15) is 9.59 Å². The van der Waals surface area contributed by atoms with Crippen LogP contribution in [0.25, 0.3) is 0 Å². The van der Waals surface area contributed by atoms with Crippen LogP contribution in [-0.4, -0.2) is 25.5 Å². The standard InChI is InChI=1S/C14H21N3O3S/c1-3-4-14(5-6-14)7-17-12-8(11(16)18)9(15)10(21-12)13(19)20-2/h17H,3-7,15H2,1-2H3,(H2,16,18). The van der Waals surface area contributed by atoms with E-state index in [1.54, 1.807) is 0 Å². The molecule has 21 heavy (non-hydrogen) atoms. The minimum Gasteiger partial charge on any atom is -0.465 e. The van der Waals surface area contributed by atoms with Gasteiger partial charge in [0.2, 0.25) is 0 Å². The summed E-state index contributed by atoms with van der Waals surface area (Å²) in [5, 5.41) is 3.81. The van der Waals surface area contributed by atoms with Crippen molar-refractivity contribution in [1.82, 2.24) is 0 Å². The molecule has 7 heteroatoms. The highest BCUT2D eigenvalue weighted by Crippen LogP contribution is 2.50. The molecule has 0 aliphatic heterocycles. The van der Waals surface area contributed by atoms with E-state index < -0.39 is 11.9 Å². The highest BCUT2D eigenvalue weighted by Gasteiger charge is 2.41. The lowest BCUT2D eigenvalue weighted by Crippen LogP contribution is -2.18. The van der Waals surface area contributed by atoms with Gasteiger partial charge in [-0.2, -0.15) is 0 Å². The van der Waals surface area contributed by atoms with Crippen molar-refractivity contribution >= 4 is 33.9 Å². The van der Waals surface area contributed by atoms with Gasteiger partial charge >= 0.3 is 5.97 Å². The molecule has 0 bridgehead atoms. The van der Waals surface area contributed by atoms with Crippen molar-refractivity contribution in [3.63, 3.8) is 0 Å². The maximum Gasteiger partial charge on any atom is 0.350 e. The lowest BCUT2D eigenvalue weighted by Gasteiger charge is -2.15. The Morgan fingerprint density at radius 2 is 2.10 bits per heavy atom. The first-order chi connectivity index (χ1) is 9.94. The number of thiophene rings is 1. The average Bonchev–Trinajstić information content (AvgIpc) is 3.12. The van der Waals surface area contributed by atoms with Gasteiger partial charge in [0.25, 0.3) is 5.91 Å². The van der Waals surface area contributed by atoms with E-state index in [2.05, 4.69) is 17.0 Å². The zero-order chi connectivity index (χ0) is 15.6. The topological polar surface area (TPSA) is 107 Å². The van der Waals surface area contributed by atoms with Crippen LogP contribution in [0.3, 0.4) is 0 Å². The second kappa shape index (κ2) is 5.93. The number of esters is 1. The van der Waals surface area contributed by atoms with Gasteiger partial charge in [0.05, 0.1) is 18.4 Å². The number of carbonyl (C=O) groups is 2. The summed E-state index contributed by atoms with van der Waals surface area (Å²) in [6.45, 7) is 2.93. The molecule has 0 radical (unpaired) electrons. The lowest BCUT2D eigenvalue weighted by molar-refractivity contribution is 0.0607. The fourth-order valence-electron chi connectivity index (χ4n) is 2.55. The van der Waals surface area contributed by atoms with Crippen molar-refractivity contribution in [1.29, 1.82) is 0 Å². The number of nitrogens with two attached hydrogens (primary N) is 2. The number of primary amides is 1. The monoisotopic (exact) mass is 311 g/mol. The van der Waals surface area contributed by atoms with Gasteiger partial charge in [-0.05, 0) is 24.7 Å². The Bertz CT molecular complexity index is 564. The van der Waals surface area contributed by atoms with E-state index in [-0.39, 0.29) is 16.1 Å². The van der Waals surface area contributed by atoms with E-state index in [4.69, 9.17) is 11.5 Å². The molecular formula is C14H21N3O3S. The quantitative estimate of drug-likeness (QED) is 0.669. The molecule has 0 spiro atoms. The third-order valence-electron chi connectivity index (χ3n) is 3.92. The molecule has 0 atom stereocenters. The van der Waals surface area contributed by atoms with Crippen molar-refractivity contribution in [3.05, 3.63) is 10.4 Å².